The summed E-state index contributed by atoms with van der Waals surface area (Å²) in [5, 5.41) is 8.58. The lowest BCUT2D eigenvalue weighted by Gasteiger charge is -2.39. The summed E-state index contributed by atoms with van der Waals surface area (Å²) in [7, 11) is 1.37. The number of benzene rings is 1. The van der Waals surface area contributed by atoms with Gasteiger partial charge in [-0.25, -0.2) is 4.39 Å². The first-order valence-electron chi connectivity index (χ1n) is 7.68. The normalized spacial score (nSPS) is 17.1. The van der Waals surface area contributed by atoms with E-state index in [2.05, 4.69) is 0 Å². The highest BCUT2D eigenvalue weighted by molar-refractivity contribution is 5.87. The van der Waals surface area contributed by atoms with Crippen molar-refractivity contribution in [3.63, 3.8) is 0 Å². The van der Waals surface area contributed by atoms with E-state index in [4.69, 9.17) is 10.00 Å². The van der Waals surface area contributed by atoms with Crippen molar-refractivity contribution in [2.45, 2.75) is 18.9 Å². The molecule has 0 spiro atoms. The largest absolute Gasteiger partial charge is 0.364 e. The molecule has 1 aliphatic rings. The number of hydrogen-bond acceptors (Lipinski definition) is 4. The van der Waals surface area contributed by atoms with Crippen molar-refractivity contribution in [1.29, 1.82) is 5.26 Å². The zero-order valence-electron chi connectivity index (χ0n) is 13.8. The van der Waals surface area contributed by atoms with Crippen molar-refractivity contribution in [3.8, 4) is 6.07 Å². The van der Waals surface area contributed by atoms with E-state index in [1.165, 1.54) is 19.2 Å². The first-order valence-corrected chi connectivity index (χ1v) is 7.68. The van der Waals surface area contributed by atoms with Crippen molar-refractivity contribution in [1.82, 2.24) is 9.80 Å². The van der Waals surface area contributed by atoms with Crippen molar-refractivity contribution >= 4 is 11.8 Å². The molecular weight excluding hydrogens is 313 g/mol. The number of amides is 2. The number of ether oxygens (including phenoxy) is 1. The van der Waals surface area contributed by atoms with Gasteiger partial charge in [-0.1, -0.05) is 18.2 Å². The maximum atomic E-state index is 14.1. The second-order valence-corrected chi connectivity index (χ2v) is 5.73. The molecule has 1 aromatic rings. The fraction of sp³-hybridized carbons (Fsp3) is 0.471. The van der Waals surface area contributed by atoms with Crippen LogP contribution < -0.4 is 0 Å². The molecule has 0 radical (unpaired) electrons. The van der Waals surface area contributed by atoms with Crippen LogP contribution in [-0.2, 0) is 19.9 Å². The molecule has 1 fully saturated rings. The average Bonchev–Trinajstić information content (AvgIpc) is 2.61. The van der Waals surface area contributed by atoms with Crippen LogP contribution in [0, 0.1) is 17.1 Å². The molecule has 1 saturated heterocycles. The second kappa shape index (κ2) is 7.41. The van der Waals surface area contributed by atoms with E-state index in [-0.39, 0.29) is 23.8 Å². The number of halogens is 1. The van der Waals surface area contributed by atoms with Gasteiger partial charge in [-0.15, -0.1) is 0 Å². The van der Waals surface area contributed by atoms with Gasteiger partial charge in [0.1, 0.15) is 12.2 Å². The number of hydrogen-bond donors (Lipinski definition) is 0. The van der Waals surface area contributed by atoms with Crippen LogP contribution in [0.1, 0.15) is 18.9 Å². The van der Waals surface area contributed by atoms with E-state index in [0.717, 1.165) is 0 Å². The van der Waals surface area contributed by atoms with Crippen molar-refractivity contribution in [3.05, 3.63) is 35.6 Å². The Kier molecular flexibility index (Phi) is 5.52. The molecule has 0 unspecified atom stereocenters. The lowest BCUT2D eigenvalue weighted by Crippen LogP contribution is -2.55. The lowest BCUT2D eigenvalue weighted by atomic mass is 9.93. The summed E-state index contributed by atoms with van der Waals surface area (Å²) >= 11 is 0. The van der Waals surface area contributed by atoms with Gasteiger partial charge >= 0.3 is 0 Å². The van der Waals surface area contributed by atoms with Gasteiger partial charge in [-0.2, -0.15) is 5.26 Å². The van der Waals surface area contributed by atoms with Gasteiger partial charge in [0.2, 0.25) is 5.91 Å². The first kappa shape index (κ1) is 17.9. The minimum Gasteiger partial charge on any atom is -0.364 e. The first-order chi connectivity index (χ1) is 11.4. The number of nitrogens with zero attached hydrogens (tertiary/aromatic N) is 3. The number of rotatable bonds is 4. The number of carbonyl (C=O) groups excluding carboxylic acids is 2. The van der Waals surface area contributed by atoms with Gasteiger partial charge in [0.15, 0.2) is 5.60 Å². The van der Waals surface area contributed by atoms with E-state index < -0.39 is 11.4 Å². The quantitative estimate of drug-likeness (QED) is 0.832. The van der Waals surface area contributed by atoms with Crippen LogP contribution in [-0.4, -0.2) is 54.9 Å². The van der Waals surface area contributed by atoms with Crippen LogP contribution in [0.25, 0.3) is 0 Å². The summed E-state index contributed by atoms with van der Waals surface area (Å²) in [6.07, 6.45) is -0.168. The summed E-state index contributed by atoms with van der Waals surface area (Å²) in [5.74, 6) is -1.09. The predicted molar refractivity (Wildman–Crippen MR) is 84.2 cm³/mol. The zero-order valence-corrected chi connectivity index (χ0v) is 13.8. The van der Waals surface area contributed by atoms with Gasteiger partial charge in [-0.05, 0) is 13.0 Å². The van der Waals surface area contributed by atoms with Gasteiger partial charge in [0, 0.05) is 38.9 Å². The minimum atomic E-state index is -1.43. The molecule has 1 aromatic carbocycles. The summed E-state index contributed by atoms with van der Waals surface area (Å²) in [4.78, 5) is 27.7. The predicted octanol–water partition coefficient (Wildman–Crippen LogP) is 1.27. The molecule has 0 aliphatic carbocycles. The molecule has 2 amide bonds. The van der Waals surface area contributed by atoms with E-state index in [1.807, 2.05) is 6.07 Å². The Bertz CT molecular complexity index is 665. The Hall–Kier alpha value is -2.46. The van der Waals surface area contributed by atoms with E-state index in [9.17, 15) is 14.0 Å². The third kappa shape index (κ3) is 3.39. The van der Waals surface area contributed by atoms with E-state index >= 15 is 0 Å². The van der Waals surface area contributed by atoms with Crippen LogP contribution in [0.5, 0.6) is 0 Å². The second-order valence-electron chi connectivity index (χ2n) is 5.73. The van der Waals surface area contributed by atoms with Crippen molar-refractivity contribution < 1.29 is 18.7 Å². The molecule has 2 rings (SSSR count). The monoisotopic (exact) mass is 333 g/mol. The smallest absolute Gasteiger partial charge is 0.259 e. The summed E-state index contributed by atoms with van der Waals surface area (Å²) in [5.41, 5.74) is -1.25. The van der Waals surface area contributed by atoms with E-state index in [0.29, 0.717) is 26.2 Å². The molecular formula is C17H20FN3O3. The molecule has 1 aliphatic heterocycles. The Balaban J connectivity index is 2.12. The zero-order chi connectivity index (χ0) is 17.7. The maximum Gasteiger partial charge on any atom is 0.259 e. The SMILES string of the molecule is CO[C@@](C)(C(=O)N1CCN(C(=O)CC#N)CC1)c1ccccc1F. The fourth-order valence-corrected chi connectivity index (χ4v) is 2.80. The Morgan fingerprint density at radius 2 is 1.83 bits per heavy atom. The van der Waals surface area contributed by atoms with Crippen molar-refractivity contribution in [2.75, 3.05) is 33.3 Å². The molecule has 0 aromatic heterocycles. The summed E-state index contributed by atoms with van der Waals surface area (Å²) in [6.45, 7) is 2.89. The van der Waals surface area contributed by atoms with Crippen LogP contribution in [0.3, 0.4) is 0 Å². The third-order valence-electron chi connectivity index (χ3n) is 4.35. The lowest BCUT2D eigenvalue weighted by molar-refractivity contribution is -0.157. The molecule has 0 N–H and O–H groups in total. The number of piperazine rings is 1. The van der Waals surface area contributed by atoms with Crippen LogP contribution >= 0.6 is 0 Å². The summed E-state index contributed by atoms with van der Waals surface area (Å²) in [6, 6.07) is 7.86. The molecule has 128 valence electrons. The number of carbonyl (C=O) groups is 2. The molecule has 6 nitrogen and oxygen atoms in total. The Labute approximate surface area is 140 Å². The Morgan fingerprint density at radius 1 is 1.25 bits per heavy atom. The van der Waals surface area contributed by atoms with Crippen molar-refractivity contribution in [2.24, 2.45) is 0 Å². The van der Waals surface area contributed by atoms with Gasteiger partial charge in [-0.3, -0.25) is 9.59 Å². The molecule has 24 heavy (non-hydrogen) atoms. The number of methoxy groups -OCH3 is 1. The number of nitriles is 1. The van der Waals surface area contributed by atoms with Crippen LogP contribution in [0.4, 0.5) is 4.39 Å². The highest BCUT2D eigenvalue weighted by Crippen LogP contribution is 2.29. The minimum absolute atomic E-state index is 0.168. The van der Waals surface area contributed by atoms with Gasteiger partial charge in [0.05, 0.1) is 6.07 Å². The molecule has 1 atom stereocenters. The highest BCUT2D eigenvalue weighted by Gasteiger charge is 2.41. The van der Waals surface area contributed by atoms with Crippen LogP contribution in [0.2, 0.25) is 0 Å². The van der Waals surface area contributed by atoms with Gasteiger partial charge in [0.25, 0.3) is 5.91 Å². The molecule has 0 bridgehead atoms. The van der Waals surface area contributed by atoms with Crippen LogP contribution in [0.15, 0.2) is 24.3 Å². The third-order valence-corrected chi connectivity index (χ3v) is 4.35. The van der Waals surface area contributed by atoms with Gasteiger partial charge < -0.3 is 14.5 Å². The van der Waals surface area contributed by atoms with E-state index in [1.54, 1.807) is 28.9 Å². The Morgan fingerprint density at radius 3 is 2.38 bits per heavy atom. The molecule has 0 saturated carbocycles. The average molecular weight is 333 g/mol. The molecule has 1 heterocycles. The standard InChI is InChI=1S/C17H20FN3O3/c1-17(24-2,13-5-3-4-6-14(13)18)16(23)21-11-9-20(10-12-21)15(22)7-8-19/h3-6H,7,9-12H2,1-2H3/t17-/m1/s1. The highest BCUT2D eigenvalue weighted by atomic mass is 19.1. The fourth-order valence-electron chi connectivity index (χ4n) is 2.80. The summed E-state index contributed by atoms with van der Waals surface area (Å²) < 4.78 is 19.5. The topological polar surface area (TPSA) is 73.6 Å². The maximum absolute atomic E-state index is 14.1. The molecule has 7 heteroatoms.